The third kappa shape index (κ3) is 11.2. The van der Waals surface area contributed by atoms with Gasteiger partial charge >= 0.3 is 30.8 Å². The molecule has 0 unspecified atom stereocenters. The molecule has 0 aliphatic rings. The zero-order valence-corrected chi connectivity index (χ0v) is 5.13. The summed E-state index contributed by atoms with van der Waals surface area (Å²) in [4.78, 5) is 19.3. The molecule has 0 aliphatic carbocycles. The van der Waals surface area contributed by atoms with Crippen molar-refractivity contribution < 1.29 is 38.7 Å². The van der Waals surface area contributed by atoms with Crippen LogP contribution in [0, 0.1) is 0 Å². The van der Waals surface area contributed by atoms with E-state index in [1.165, 1.54) is 0 Å². The molecule has 0 heterocycles. The molecule has 0 aromatic carbocycles. The molecule has 0 saturated carbocycles. The second-order valence-corrected chi connectivity index (χ2v) is 1.29. The van der Waals surface area contributed by atoms with E-state index in [0.29, 0.717) is 0 Å². The normalized spacial score (nSPS) is 7.56. The monoisotopic (exact) mass is 125 g/mol. The van der Waals surface area contributed by atoms with Gasteiger partial charge in [0.1, 0.15) is 0 Å². The molecule has 0 atom stereocenters. The molecule has 0 spiro atoms. The van der Waals surface area contributed by atoms with Gasteiger partial charge in [0.15, 0.2) is 0 Å². The van der Waals surface area contributed by atoms with Crippen LogP contribution in [0.4, 0.5) is 0 Å². The van der Waals surface area contributed by atoms with Gasteiger partial charge in [-0.05, 0) is 0 Å². The maximum Gasteiger partial charge on any atom is 1.00 e. The van der Waals surface area contributed by atoms with Crippen molar-refractivity contribution in [1.29, 1.82) is 0 Å². The van der Waals surface area contributed by atoms with E-state index in [-0.39, 0.29) is 31.7 Å². The van der Waals surface area contributed by atoms with Crippen LogP contribution in [0.25, 0.3) is 0 Å². The molecule has 9 heavy (non-hydrogen) atoms. The number of aliphatic carboxylic acids is 2. The molecule has 5 heteroatoms. The number of hydrogen-bond donors (Lipinski definition) is 2. The number of carboxylic acid groups (broad SMARTS) is 2. The first-order chi connectivity index (χ1) is 3.63. The fraction of sp³-hybridized carbons (Fsp3) is 0.500. The fourth-order valence-electron chi connectivity index (χ4n) is 0.214. The summed E-state index contributed by atoms with van der Waals surface area (Å²) in [7, 11) is 0. The topological polar surface area (TPSA) is 74.6 Å². The van der Waals surface area contributed by atoms with Crippen molar-refractivity contribution in [2.75, 3.05) is 0 Å². The maximum absolute atomic E-state index is 9.64. The Labute approximate surface area is 64.0 Å². The van der Waals surface area contributed by atoms with E-state index < -0.39 is 11.9 Å². The van der Waals surface area contributed by atoms with Gasteiger partial charge in [-0.25, -0.2) is 0 Å². The molecular weight excluding hydrogens is 119 g/mol. The van der Waals surface area contributed by atoms with Crippen LogP contribution in [0.5, 0.6) is 0 Å². The van der Waals surface area contributed by atoms with Gasteiger partial charge in [-0.2, -0.15) is 0 Å². The van der Waals surface area contributed by atoms with Gasteiger partial charge in [-0.15, -0.1) is 0 Å². The zero-order valence-electron chi connectivity index (χ0n) is 5.13. The van der Waals surface area contributed by atoms with Crippen LogP contribution in [0.15, 0.2) is 0 Å². The SMILES string of the molecule is O=C(O)CCC(=O)O.[Li+]. The van der Waals surface area contributed by atoms with E-state index in [9.17, 15) is 9.59 Å². The third-order valence-corrected chi connectivity index (χ3v) is 0.553. The molecule has 46 valence electrons. The molecule has 0 saturated heterocycles. The number of hydrogen-bond acceptors (Lipinski definition) is 2. The summed E-state index contributed by atoms with van der Waals surface area (Å²) in [5.74, 6) is -2.15. The van der Waals surface area contributed by atoms with E-state index in [0.717, 1.165) is 0 Å². The Morgan fingerprint density at radius 3 is 1.33 bits per heavy atom. The number of carboxylic acids is 2. The van der Waals surface area contributed by atoms with Crippen LogP contribution >= 0.6 is 0 Å². The Morgan fingerprint density at radius 2 is 1.22 bits per heavy atom. The van der Waals surface area contributed by atoms with E-state index in [1.807, 2.05) is 0 Å². The smallest absolute Gasteiger partial charge is 0.481 e. The number of carbonyl (C=O) groups is 2. The standard InChI is InChI=1S/C4H6O4.Li/c5-3(6)1-2-4(7)8;/h1-2H2,(H,5,6)(H,7,8);/q;+1. The summed E-state index contributed by atoms with van der Waals surface area (Å²) in [5, 5.41) is 15.8. The molecule has 0 aliphatic heterocycles. The minimum Gasteiger partial charge on any atom is -0.481 e. The number of rotatable bonds is 3. The molecular formula is C4H6LiO4+. The second-order valence-electron chi connectivity index (χ2n) is 1.29. The van der Waals surface area contributed by atoms with Crippen LogP contribution in [-0.4, -0.2) is 22.2 Å². The first-order valence-corrected chi connectivity index (χ1v) is 2.06. The summed E-state index contributed by atoms with van der Waals surface area (Å²) >= 11 is 0. The van der Waals surface area contributed by atoms with E-state index in [1.54, 1.807) is 0 Å². The molecule has 0 fully saturated rings. The van der Waals surface area contributed by atoms with Gasteiger partial charge in [0.05, 0.1) is 12.8 Å². The van der Waals surface area contributed by atoms with E-state index in [2.05, 4.69) is 0 Å². The molecule has 0 amide bonds. The van der Waals surface area contributed by atoms with Crippen molar-refractivity contribution in [3.05, 3.63) is 0 Å². The van der Waals surface area contributed by atoms with E-state index >= 15 is 0 Å². The Balaban J connectivity index is 0. The van der Waals surface area contributed by atoms with Crippen molar-refractivity contribution in [2.24, 2.45) is 0 Å². The predicted octanol–water partition coefficient (Wildman–Crippen LogP) is -3.06. The largest absolute Gasteiger partial charge is 1.00 e. The van der Waals surface area contributed by atoms with Crippen molar-refractivity contribution in [3.8, 4) is 0 Å². The van der Waals surface area contributed by atoms with Gasteiger partial charge in [-0.1, -0.05) is 0 Å². The van der Waals surface area contributed by atoms with Crippen LogP contribution in [0.1, 0.15) is 12.8 Å². The minimum atomic E-state index is -1.08. The molecule has 4 nitrogen and oxygen atoms in total. The third-order valence-electron chi connectivity index (χ3n) is 0.553. The summed E-state index contributed by atoms with van der Waals surface area (Å²) in [6.07, 6.45) is -0.593. The first kappa shape index (κ1) is 11.3. The Bertz CT molecular complexity index is 97.1. The van der Waals surface area contributed by atoms with Crippen LogP contribution in [0.2, 0.25) is 0 Å². The Kier molecular flexibility index (Phi) is 7.15. The van der Waals surface area contributed by atoms with Gasteiger partial charge in [0.25, 0.3) is 0 Å². The van der Waals surface area contributed by atoms with Crippen molar-refractivity contribution in [3.63, 3.8) is 0 Å². The quantitative estimate of drug-likeness (QED) is 0.393. The maximum atomic E-state index is 9.64. The average Bonchev–Trinajstić information content (AvgIpc) is 1.61. The molecule has 0 bridgehead atoms. The van der Waals surface area contributed by atoms with Gasteiger partial charge in [0.2, 0.25) is 0 Å². The molecule has 0 aromatic rings. The Hall–Kier alpha value is -0.463. The van der Waals surface area contributed by atoms with Crippen LogP contribution in [-0.2, 0) is 9.59 Å². The van der Waals surface area contributed by atoms with Gasteiger partial charge < -0.3 is 10.2 Å². The van der Waals surface area contributed by atoms with Gasteiger partial charge in [0, 0.05) is 0 Å². The zero-order chi connectivity index (χ0) is 6.57. The second kappa shape index (κ2) is 5.67. The van der Waals surface area contributed by atoms with Crippen LogP contribution in [0.3, 0.4) is 0 Å². The fourth-order valence-corrected chi connectivity index (χ4v) is 0.214. The summed E-state index contributed by atoms with van der Waals surface area (Å²) in [5.41, 5.74) is 0. The molecule has 0 radical (unpaired) electrons. The Morgan fingerprint density at radius 1 is 1.00 bits per heavy atom. The van der Waals surface area contributed by atoms with E-state index in [4.69, 9.17) is 10.2 Å². The van der Waals surface area contributed by atoms with Crippen molar-refractivity contribution >= 4 is 11.9 Å². The van der Waals surface area contributed by atoms with Crippen molar-refractivity contribution in [1.82, 2.24) is 0 Å². The molecule has 0 aromatic heterocycles. The average molecular weight is 125 g/mol. The predicted molar refractivity (Wildman–Crippen MR) is 24.5 cm³/mol. The molecule has 0 rings (SSSR count). The molecule has 2 N–H and O–H groups in total. The van der Waals surface area contributed by atoms with Crippen molar-refractivity contribution in [2.45, 2.75) is 12.8 Å². The minimum absolute atomic E-state index is 0. The van der Waals surface area contributed by atoms with Crippen LogP contribution < -0.4 is 18.9 Å². The first-order valence-electron chi connectivity index (χ1n) is 2.06. The summed E-state index contributed by atoms with van der Waals surface area (Å²) in [6, 6.07) is 0. The van der Waals surface area contributed by atoms with Gasteiger partial charge in [-0.3, -0.25) is 9.59 Å². The summed E-state index contributed by atoms with van der Waals surface area (Å²) in [6.45, 7) is 0. The summed E-state index contributed by atoms with van der Waals surface area (Å²) < 4.78 is 0.